The Balaban J connectivity index is 1.43. The monoisotopic (exact) mass is 738 g/mol. The van der Waals surface area contributed by atoms with Crippen LogP contribution in [0.1, 0.15) is 61.5 Å². The van der Waals surface area contributed by atoms with Gasteiger partial charge in [0.05, 0.1) is 15.8 Å². The molecular formula is C30H36Br2N4O6S. The van der Waals surface area contributed by atoms with Crippen molar-refractivity contribution >= 4 is 72.6 Å². The zero-order chi connectivity index (χ0) is 31.1. The lowest BCUT2D eigenvalue weighted by Gasteiger charge is -2.44. The quantitative estimate of drug-likeness (QED) is 0.219. The number of amides is 3. The number of nitrogens with one attached hydrogen (secondary N) is 3. The highest BCUT2D eigenvalue weighted by atomic mass is 79.9. The Hall–Kier alpha value is -2.77. The molecule has 2 aliphatic carbocycles. The topological polar surface area (TPSA) is 136 Å². The molecule has 0 aliphatic heterocycles. The van der Waals surface area contributed by atoms with Gasteiger partial charge in [-0.1, -0.05) is 25.8 Å². The van der Waals surface area contributed by atoms with Gasteiger partial charge < -0.3 is 25.3 Å². The largest absolute Gasteiger partial charge is 0.466 e. The average Bonchev–Trinajstić information content (AvgIpc) is 3.32. The summed E-state index contributed by atoms with van der Waals surface area (Å²) in [7, 11) is 1.26. The lowest BCUT2D eigenvalue weighted by Crippen LogP contribution is -2.50. The van der Waals surface area contributed by atoms with E-state index in [1.54, 1.807) is 18.2 Å². The van der Waals surface area contributed by atoms with Gasteiger partial charge in [0, 0.05) is 22.8 Å². The van der Waals surface area contributed by atoms with E-state index in [-0.39, 0.29) is 37.0 Å². The first-order valence-corrected chi connectivity index (χ1v) is 16.8. The Labute approximate surface area is 271 Å². The molecule has 2 saturated carbocycles. The summed E-state index contributed by atoms with van der Waals surface area (Å²) in [6, 6.07) is 3.77. The van der Waals surface area contributed by atoms with E-state index >= 15 is 0 Å². The molecule has 0 aromatic carbocycles. The van der Waals surface area contributed by atoms with Crippen LogP contribution < -0.4 is 21.5 Å². The smallest absolute Gasteiger partial charge is 0.330 e. The molecule has 2 aliphatic rings. The van der Waals surface area contributed by atoms with Gasteiger partial charge in [0.1, 0.15) is 18.3 Å². The van der Waals surface area contributed by atoms with Crippen molar-refractivity contribution in [2.45, 2.75) is 70.5 Å². The van der Waals surface area contributed by atoms with Crippen LogP contribution in [-0.4, -0.2) is 47.5 Å². The number of hydrogen-bond donors (Lipinski definition) is 3. The molecule has 4 rings (SSSR count). The molecule has 232 valence electrons. The maximum absolute atomic E-state index is 13.3. The molecule has 13 heteroatoms. The number of pyridine rings is 1. The number of nitrogens with zero attached hydrogens (tertiary/aromatic N) is 1. The molecular weight excluding hydrogens is 704 g/mol. The van der Waals surface area contributed by atoms with Crippen molar-refractivity contribution in [3.05, 3.63) is 60.0 Å². The molecule has 5 unspecified atom stereocenters. The molecule has 10 nitrogen and oxygen atoms in total. The summed E-state index contributed by atoms with van der Waals surface area (Å²) in [5.41, 5.74) is -0.533. The Kier molecular flexibility index (Phi) is 11.8. The molecule has 2 aromatic heterocycles. The van der Waals surface area contributed by atoms with Crippen molar-refractivity contribution in [2.75, 3.05) is 12.4 Å². The molecule has 2 fully saturated rings. The summed E-state index contributed by atoms with van der Waals surface area (Å²) in [6.07, 6.45) is 10.6. The number of fused-ring (bicyclic) bond motifs is 2. The molecule has 3 amide bonds. The number of allylic oxidation sites excluding steroid dienone is 1. The molecule has 43 heavy (non-hydrogen) atoms. The number of ether oxygens (including phenoxy) is 1. The van der Waals surface area contributed by atoms with Gasteiger partial charge in [0.25, 0.3) is 11.5 Å². The van der Waals surface area contributed by atoms with E-state index in [0.717, 1.165) is 29.0 Å². The fourth-order valence-corrected chi connectivity index (χ4v) is 8.04. The van der Waals surface area contributed by atoms with Crippen LogP contribution in [0.5, 0.6) is 0 Å². The molecule has 2 heterocycles. The van der Waals surface area contributed by atoms with E-state index in [4.69, 9.17) is 0 Å². The van der Waals surface area contributed by atoms with Crippen molar-refractivity contribution < 1.29 is 23.9 Å². The maximum Gasteiger partial charge on any atom is 0.330 e. The van der Waals surface area contributed by atoms with E-state index in [0.29, 0.717) is 21.2 Å². The molecule has 2 bridgehead atoms. The molecule has 0 spiro atoms. The first-order valence-electron chi connectivity index (χ1n) is 14.4. The minimum absolute atomic E-state index is 0.00702. The second kappa shape index (κ2) is 15.3. The van der Waals surface area contributed by atoms with Crippen molar-refractivity contribution in [2.24, 2.45) is 17.8 Å². The number of methoxy groups -OCH3 is 1. The third-order valence-electron chi connectivity index (χ3n) is 8.14. The standard InChI is InChI=1S/C30H36Br2N4O6S/c1-17-13-18-7-5-8-19(14-18)26(17)35-24(37)16-36-12-6-10-22(30(36)41)34-28(39)21(9-3-4-11-25(38)42-2)33-29(40)23-15-20(31)27(32)43-23/h4,6,10-12,15,17-19,21,26H,3,5,7-9,13-14,16H2,1-2H3,(H,33,40)(H,34,39)(H,35,37)/b11-4+. The van der Waals surface area contributed by atoms with E-state index in [9.17, 15) is 24.0 Å². The Morgan fingerprint density at radius 3 is 2.72 bits per heavy atom. The number of halogens is 2. The number of thiophene rings is 1. The number of carbonyl (C=O) groups excluding carboxylic acids is 4. The second-order valence-corrected chi connectivity index (χ2v) is 14.4. The minimum atomic E-state index is -1.02. The number of aromatic nitrogens is 1. The SMILES string of the molecule is COC(=O)/C=C/CCC(NC(=O)c1cc(Br)c(Br)s1)C(=O)Nc1cccn(CC(=O)NC2C(C)CC3CCCC2C3)c1=O. The van der Waals surface area contributed by atoms with Gasteiger partial charge in [0.2, 0.25) is 11.8 Å². The van der Waals surface area contributed by atoms with Gasteiger partial charge in [-0.3, -0.25) is 19.2 Å². The normalized spacial score (nSPS) is 22.0. The zero-order valence-electron chi connectivity index (χ0n) is 24.1. The fourth-order valence-electron chi connectivity index (χ4n) is 6.10. The fraction of sp³-hybridized carbons (Fsp3) is 0.500. The minimum Gasteiger partial charge on any atom is -0.466 e. The van der Waals surface area contributed by atoms with Crippen LogP contribution in [0.3, 0.4) is 0 Å². The van der Waals surface area contributed by atoms with Crippen molar-refractivity contribution in [3.63, 3.8) is 0 Å². The van der Waals surface area contributed by atoms with E-state index in [1.165, 1.54) is 54.2 Å². The van der Waals surface area contributed by atoms with Crippen LogP contribution in [0.2, 0.25) is 0 Å². The van der Waals surface area contributed by atoms with Gasteiger partial charge in [-0.15, -0.1) is 11.3 Å². The second-order valence-electron chi connectivity index (χ2n) is 11.2. The van der Waals surface area contributed by atoms with Crippen molar-refractivity contribution in [3.8, 4) is 0 Å². The van der Waals surface area contributed by atoms with Gasteiger partial charge in [-0.25, -0.2) is 4.79 Å². The molecule has 0 radical (unpaired) electrons. The maximum atomic E-state index is 13.3. The molecule has 5 atom stereocenters. The van der Waals surface area contributed by atoms with E-state index < -0.39 is 29.4 Å². The summed E-state index contributed by atoms with van der Waals surface area (Å²) >= 11 is 7.92. The summed E-state index contributed by atoms with van der Waals surface area (Å²) in [5, 5.41) is 8.53. The Bertz CT molecular complexity index is 1420. The number of esters is 1. The van der Waals surface area contributed by atoms with Gasteiger partial charge >= 0.3 is 5.97 Å². The first kappa shape index (κ1) is 33.1. The summed E-state index contributed by atoms with van der Waals surface area (Å²) < 4.78 is 7.30. The van der Waals surface area contributed by atoms with Crippen molar-refractivity contribution in [1.82, 2.24) is 15.2 Å². The lowest BCUT2D eigenvalue weighted by molar-refractivity contribution is -0.134. The summed E-state index contributed by atoms with van der Waals surface area (Å²) in [6.45, 7) is 2.02. The number of carbonyl (C=O) groups is 4. The van der Waals surface area contributed by atoms with Crippen LogP contribution >= 0.6 is 43.2 Å². The highest BCUT2D eigenvalue weighted by Crippen LogP contribution is 2.42. The highest BCUT2D eigenvalue weighted by molar-refractivity contribution is 9.13. The van der Waals surface area contributed by atoms with E-state index in [2.05, 4.69) is 59.5 Å². The van der Waals surface area contributed by atoms with E-state index in [1.807, 2.05) is 0 Å². The summed E-state index contributed by atoms with van der Waals surface area (Å²) in [4.78, 5) is 64.4. The van der Waals surface area contributed by atoms with Gasteiger partial charge in [0.15, 0.2) is 0 Å². The van der Waals surface area contributed by atoms with Crippen molar-refractivity contribution in [1.29, 1.82) is 0 Å². The Morgan fingerprint density at radius 1 is 1.21 bits per heavy atom. The average molecular weight is 741 g/mol. The van der Waals surface area contributed by atoms with Crippen LogP contribution in [0, 0.1) is 17.8 Å². The molecule has 0 saturated heterocycles. The first-order chi connectivity index (χ1) is 20.5. The number of hydrogen-bond acceptors (Lipinski definition) is 7. The predicted octanol–water partition coefficient (Wildman–Crippen LogP) is 5.01. The zero-order valence-corrected chi connectivity index (χ0v) is 28.1. The Morgan fingerprint density at radius 2 is 2.00 bits per heavy atom. The van der Waals surface area contributed by atoms with Gasteiger partial charge in [-0.05, 0) is 99.9 Å². The van der Waals surface area contributed by atoms with Gasteiger partial charge in [-0.2, -0.15) is 0 Å². The van der Waals surface area contributed by atoms with Crippen LogP contribution in [0.25, 0.3) is 0 Å². The lowest BCUT2D eigenvalue weighted by atomic mass is 9.65. The highest BCUT2D eigenvalue weighted by Gasteiger charge is 2.38. The third-order valence-corrected chi connectivity index (χ3v) is 11.4. The molecule has 2 aromatic rings. The molecule has 3 N–H and O–H groups in total. The van der Waals surface area contributed by atoms with Crippen LogP contribution in [-0.2, 0) is 25.7 Å². The number of rotatable bonds is 11. The number of anilines is 1. The summed E-state index contributed by atoms with van der Waals surface area (Å²) in [5.74, 6) is -0.221. The predicted molar refractivity (Wildman–Crippen MR) is 172 cm³/mol. The third kappa shape index (κ3) is 8.89. The van der Waals surface area contributed by atoms with Crippen LogP contribution in [0.15, 0.2) is 49.6 Å². The van der Waals surface area contributed by atoms with Crippen LogP contribution in [0.4, 0.5) is 5.69 Å².